The van der Waals surface area contributed by atoms with Crippen molar-refractivity contribution in [3.8, 4) is 0 Å². The molecule has 29 heavy (non-hydrogen) atoms. The molecule has 1 aliphatic heterocycles. The lowest BCUT2D eigenvalue weighted by Gasteiger charge is -2.36. The Bertz CT molecular complexity index is 872. The topological polar surface area (TPSA) is 88.6 Å². The minimum absolute atomic E-state index is 0.0459. The quantitative estimate of drug-likeness (QED) is 0.748. The van der Waals surface area contributed by atoms with Crippen LogP contribution < -0.4 is 11.1 Å². The second-order valence-electron chi connectivity index (χ2n) is 8.38. The average Bonchev–Trinajstić information content (AvgIpc) is 3.07. The number of carbonyl (C=O) groups excluding carboxylic acids is 2. The number of nitrogens with two attached hydrogens (primary N) is 1. The van der Waals surface area contributed by atoms with Gasteiger partial charge >= 0.3 is 0 Å². The number of fused-ring (bicyclic) bond motifs is 1. The lowest BCUT2D eigenvalue weighted by atomic mass is 9.95. The molecule has 3 rings (SSSR count). The molecule has 0 aliphatic carbocycles. The number of carbonyl (C=O) groups is 2. The zero-order valence-electron chi connectivity index (χ0n) is 17.8. The summed E-state index contributed by atoms with van der Waals surface area (Å²) in [5.41, 5.74) is 9.70. The third-order valence-corrected chi connectivity index (χ3v) is 5.86. The Morgan fingerprint density at radius 3 is 2.83 bits per heavy atom. The lowest BCUT2D eigenvalue weighted by Crippen LogP contribution is -2.50. The van der Waals surface area contributed by atoms with Gasteiger partial charge < -0.3 is 20.4 Å². The van der Waals surface area contributed by atoms with Crippen molar-refractivity contribution in [2.24, 2.45) is 5.73 Å². The zero-order chi connectivity index (χ0) is 21.0. The van der Waals surface area contributed by atoms with Crippen molar-refractivity contribution in [1.29, 1.82) is 0 Å². The Balaban J connectivity index is 1.74. The summed E-state index contributed by atoms with van der Waals surface area (Å²) < 4.78 is 5.75. The first-order valence-corrected chi connectivity index (χ1v) is 10.7. The van der Waals surface area contributed by atoms with Crippen molar-refractivity contribution in [2.45, 2.75) is 64.8 Å². The van der Waals surface area contributed by atoms with Gasteiger partial charge in [-0.2, -0.15) is 0 Å². The van der Waals surface area contributed by atoms with Crippen molar-refractivity contribution in [2.75, 3.05) is 19.6 Å². The molecule has 6 heteroatoms. The first kappa shape index (κ1) is 21.4. The van der Waals surface area contributed by atoms with Crippen LogP contribution in [0.5, 0.6) is 0 Å². The Morgan fingerprint density at radius 2 is 2.10 bits per heavy atom. The molecule has 0 saturated carbocycles. The van der Waals surface area contributed by atoms with E-state index in [2.05, 4.69) is 38.2 Å². The molecular formula is C23H33N3O3. The largest absolute Gasteiger partial charge is 0.464 e. The maximum Gasteiger partial charge on any atom is 0.227 e. The van der Waals surface area contributed by atoms with Gasteiger partial charge in [0.15, 0.2) is 0 Å². The third-order valence-electron chi connectivity index (χ3n) is 5.86. The van der Waals surface area contributed by atoms with Crippen LogP contribution in [0.1, 0.15) is 62.1 Å². The van der Waals surface area contributed by atoms with Crippen molar-refractivity contribution in [3.05, 3.63) is 35.1 Å². The molecule has 1 unspecified atom stereocenters. The van der Waals surface area contributed by atoms with Gasteiger partial charge in [-0.3, -0.25) is 9.59 Å². The molecule has 0 bridgehead atoms. The van der Waals surface area contributed by atoms with Gasteiger partial charge in [0.2, 0.25) is 11.8 Å². The van der Waals surface area contributed by atoms with Crippen molar-refractivity contribution < 1.29 is 14.0 Å². The van der Waals surface area contributed by atoms with E-state index in [1.165, 1.54) is 11.1 Å². The zero-order valence-corrected chi connectivity index (χ0v) is 17.8. The van der Waals surface area contributed by atoms with E-state index in [9.17, 15) is 9.59 Å². The molecule has 1 aliphatic rings. The van der Waals surface area contributed by atoms with E-state index in [1.54, 1.807) is 6.26 Å². The van der Waals surface area contributed by atoms with E-state index in [4.69, 9.17) is 10.2 Å². The number of furan rings is 1. The minimum atomic E-state index is -0.0529. The van der Waals surface area contributed by atoms with E-state index in [1.807, 2.05) is 4.90 Å². The van der Waals surface area contributed by atoms with Crippen LogP contribution in [0.2, 0.25) is 0 Å². The van der Waals surface area contributed by atoms with E-state index in [-0.39, 0.29) is 17.9 Å². The van der Waals surface area contributed by atoms with Gasteiger partial charge in [-0.15, -0.1) is 0 Å². The number of aryl methyl sites for hydroxylation is 1. The summed E-state index contributed by atoms with van der Waals surface area (Å²) in [5.74, 6) is 0.460. The first-order valence-electron chi connectivity index (χ1n) is 10.7. The maximum absolute atomic E-state index is 13.1. The number of hydrogen-bond acceptors (Lipinski definition) is 4. The van der Waals surface area contributed by atoms with Gasteiger partial charge in [-0.1, -0.05) is 13.8 Å². The number of likely N-dealkylation sites (tertiary alicyclic amines) is 1. The molecule has 1 fully saturated rings. The monoisotopic (exact) mass is 399 g/mol. The van der Waals surface area contributed by atoms with Crippen LogP contribution >= 0.6 is 0 Å². The van der Waals surface area contributed by atoms with E-state index in [0.29, 0.717) is 31.8 Å². The molecule has 1 aromatic heterocycles. The average molecular weight is 400 g/mol. The van der Waals surface area contributed by atoms with Gasteiger partial charge in [-0.05, 0) is 55.4 Å². The molecule has 0 spiro atoms. The summed E-state index contributed by atoms with van der Waals surface area (Å²) in [6, 6.07) is 4.28. The second-order valence-corrected chi connectivity index (χ2v) is 8.38. The van der Waals surface area contributed by atoms with Crippen LogP contribution in [0.4, 0.5) is 0 Å². The maximum atomic E-state index is 13.1. The Kier molecular flexibility index (Phi) is 6.96. The highest BCUT2D eigenvalue weighted by Crippen LogP contribution is 2.30. The molecule has 2 amide bonds. The predicted octanol–water partition coefficient (Wildman–Crippen LogP) is 3.25. The molecule has 158 valence electrons. The molecule has 1 atom stereocenters. The summed E-state index contributed by atoms with van der Waals surface area (Å²) in [7, 11) is 0. The highest BCUT2D eigenvalue weighted by atomic mass is 16.3. The third kappa shape index (κ3) is 4.99. The van der Waals surface area contributed by atoms with Crippen LogP contribution in [-0.2, 0) is 16.0 Å². The number of rotatable bonds is 7. The smallest absolute Gasteiger partial charge is 0.227 e. The molecule has 2 heterocycles. The first-order chi connectivity index (χ1) is 13.9. The molecular weight excluding hydrogens is 366 g/mol. The minimum Gasteiger partial charge on any atom is -0.464 e. The van der Waals surface area contributed by atoms with Gasteiger partial charge in [-0.25, -0.2) is 0 Å². The van der Waals surface area contributed by atoms with Gasteiger partial charge in [0.05, 0.1) is 12.7 Å². The second kappa shape index (κ2) is 9.44. The number of benzene rings is 1. The number of nitrogens with one attached hydrogen (secondary N) is 1. The van der Waals surface area contributed by atoms with Gasteiger partial charge in [0.25, 0.3) is 0 Å². The van der Waals surface area contributed by atoms with E-state index >= 15 is 0 Å². The molecule has 0 radical (unpaired) electrons. The number of hydrogen-bond donors (Lipinski definition) is 2. The van der Waals surface area contributed by atoms with Gasteiger partial charge in [0, 0.05) is 43.0 Å². The molecule has 2 aromatic rings. The lowest BCUT2D eigenvalue weighted by molar-refractivity contribution is -0.134. The van der Waals surface area contributed by atoms with Crippen LogP contribution in [0, 0.1) is 6.92 Å². The fourth-order valence-electron chi connectivity index (χ4n) is 4.26. The standard InChI is InChI=1S/C23H33N3O3/c1-15(2)19-12-20-17(14-29-21(20)10-16(19)3)11-23(28)26-9-5-4-6-18(26)13-25-22(27)7-8-24/h10,12,14-15,18H,4-9,11,13,24H2,1-3H3,(H,25,27). The fourth-order valence-corrected chi connectivity index (χ4v) is 4.26. The van der Waals surface area contributed by atoms with E-state index in [0.717, 1.165) is 42.3 Å². The van der Waals surface area contributed by atoms with Crippen molar-refractivity contribution in [1.82, 2.24) is 10.2 Å². The SMILES string of the molecule is Cc1cc2occ(CC(=O)N3CCCCC3CNC(=O)CCN)c2cc1C(C)C. The van der Waals surface area contributed by atoms with E-state index < -0.39 is 0 Å². The summed E-state index contributed by atoms with van der Waals surface area (Å²) in [6.07, 6.45) is 5.35. The predicted molar refractivity (Wildman–Crippen MR) is 115 cm³/mol. The molecule has 1 aromatic carbocycles. The Morgan fingerprint density at radius 1 is 1.31 bits per heavy atom. The highest BCUT2D eigenvalue weighted by molar-refractivity contribution is 5.89. The van der Waals surface area contributed by atoms with Crippen LogP contribution in [-0.4, -0.2) is 42.4 Å². The Hall–Kier alpha value is -2.34. The number of piperidine rings is 1. The molecule has 1 saturated heterocycles. The number of nitrogens with zero attached hydrogens (tertiary/aromatic N) is 1. The summed E-state index contributed by atoms with van der Waals surface area (Å²) in [6.45, 7) is 8.02. The van der Waals surface area contributed by atoms with Crippen LogP contribution in [0.25, 0.3) is 11.0 Å². The summed E-state index contributed by atoms with van der Waals surface area (Å²) in [5, 5.41) is 3.95. The summed E-state index contributed by atoms with van der Waals surface area (Å²) >= 11 is 0. The highest BCUT2D eigenvalue weighted by Gasteiger charge is 2.27. The fraction of sp³-hybridized carbons (Fsp3) is 0.565. The molecule has 6 nitrogen and oxygen atoms in total. The van der Waals surface area contributed by atoms with Gasteiger partial charge in [0.1, 0.15) is 5.58 Å². The van der Waals surface area contributed by atoms with Crippen molar-refractivity contribution >= 4 is 22.8 Å². The van der Waals surface area contributed by atoms with Crippen LogP contribution in [0.3, 0.4) is 0 Å². The summed E-state index contributed by atoms with van der Waals surface area (Å²) in [4.78, 5) is 26.8. The molecule has 3 N–H and O–H groups in total. The van der Waals surface area contributed by atoms with Crippen LogP contribution in [0.15, 0.2) is 22.8 Å². The Labute approximate surface area is 172 Å². The van der Waals surface area contributed by atoms with Crippen molar-refractivity contribution in [3.63, 3.8) is 0 Å². The number of amides is 2. The normalized spacial score (nSPS) is 17.1.